The molecule has 1 aromatic heterocycles. The third-order valence-electron chi connectivity index (χ3n) is 4.04. The van der Waals surface area contributed by atoms with Gasteiger partial charge in [-0.05, 0) is 43.0 Å². The summed E-state index contributed by atoms with van der Waals surface area (Å²) >= 11 is 1.32. The number of nitrogens with one attached hydrogen (secondary N) is 1. The Labute approximate surface area is 155 Å². The summed E-state index contributed by atoms with van der Waals surface area (Å²) in [5.74, 6) is 0.259. The molecule has 0 aliphatic heterocycles. The van der Waals surface area contributed by atoms with Gasteiger partial charge in [-0.1, -0.05) is 12.2 Å². The van der Waals surface area contributed by atoms with Crippen molar-refractivity contribution in [2.45, 2.75) is 19.3 Å². The average molecular weight is 372 g/mol. The van der Waals surface area contributed by atoms with Crippen LogP contribution in [-0.4, -0.2) is 30.6 Å². The number of thiazole rings is 1. The molecule has 1 N–H and O–H groups in total. The summed E-state index contributed by atoms with van der Waals surface area (Å²) in [4.78, 5) is 28.1. The second-order valence-corrected chi connectivity index (χ2v) is 6.80. The number of carbonyl (C=O) groups excluding carboxylic acids is 2. The van der Waals surface area contributed by atoms with Crippen molar-refractivity contribution in [1.82, 2.24) is 4.98 Å². The van der Waals surface area contributed by atoms with E-state index in [2.05, 4.69) is 16.4 Å². The third kappa shape index (κ3) is 4.92. The molecule has 0 spiro atoms. The standard InChI is InChI=1S/C19H20N2O4S/c1-24-15-8-6-14(7-9-15)16-12-26-19(20-16)21-17(22)11-25-18(23)10-13-4-2-3-5-13/h2,4,6-9,12-13H,3,5,10-11H2,1H3,(H,20,21,22)/t13-/m0/s1. The molecule has 0 fully saturated rings. The van der Waals surface area contributed by atoms with Gasteiger partial charge in [-0.2, -0.15) is 0 Å². The van der Waals surface area contributed by atoms with Crippen LogP contribution in [0.3, 0.4) is 0 Å². The molecule has 6 nitrogen and oxygen atoms in total. The van der Waals surface area contributed by atoms with Crippen LogP contribution >= 0.6 is 11.3 Å². The van der Waals surface area contributed by atoms with E-state index in [1.165, 1.54) is 11.3 Å². The predicted molar refractivity (Wildman–Crippen MR) is 100 cm³/mol. The first-order chi connectivity index (χ1) is 12.6. The maximum absolute atomic E-state index is 11.9. The third-order valence-corrected chi connectivity index (χ3v) is 4.80. The molecule has 3 rings (SSSR count). The Bertz CT molecular complexity index is 798. The van der Waals surface area contributed by atoms with E-state index in [-0.39, 0.29) is 18.5 Å². The van der Waals surface area contributed by atoms with Gasteiger partial charge in [-0.15, -0.1) is 11.3 Å². The molecule has 0 bridgehead atoms. The van der Waals surface area contributed by atoms with Crippen molar-refractivity contribution in [2.75, 3.05) is 19.0 Å². The Kier molecular flexibility index (Phi) is 6.01. The van der Waals surface area contributed by atoms with Crippen LogP contribution in [0.2, 0.25) is 0 Å². The highest BCUT2D eigenvalue weighted by atomic mass is 32.1. The van der Waals surface area contributed by atoms with Crippen molar-refractivity contribution in [3.63, 3.8) is 0 Å². The number of ether oxygens (including phenoxy) is 2. The molecule has 0 saturated heterocycles. The lowest BCUT2D eigenvalue weighted by atomic mass is 10.1. The minimum atomic E-state index is -0.393. The van der Waals surface area contributed by atoms with E-state index in [1.54, 1.807) is 7.11 Å². The minimum Gasteiger partial charge on any atom is -0.497 e. The lowest BCUT2D eigenvalue weighted by Crippen LogP contribution is -2.21. The smallest absolute Gasteiger partial charge is 0.306 e. The van der Waals surface area contributed by atoms with Crippen LogP contribution in [0.15, 0.2) is 41.8 Å². The number of aromatic nitrogens is 1. The van der Waals surface area contributed by atoms with E-state index >= 15 is 0 Å². The van der Waals surface area contributed by atoms with Gasteiger partial charge in [0.25, 0.3) is 5.91 Å². The zero-order chi connectivity index (χ0) is 18.4. The van der Waals surface area contributed by atoms with Gasteiger partial charge in [0.05, 0.1) is 19.2 Å². The second kappa shape index (κ2) is 8.62. The Morgan fingerprint density at radius 2 is 2.12 bits per heavy atom. The van der Waals surface area contributed by atoms with Crippen LogP contribution in [-0.2, 0) is 14.3 Å². The van der Waals surface area contributed by atoms with Crippen molar-refractivity contribution < 1.29 is 19.1 Å². The highest BCUT2D eigenvalue weighted by molar-refractivity contribution is 7.14. The summed E-state index contributed by atoms with van der Waals surface area (Å²) in [5, 5.41) is 4.98. The Morgan fingerprint density at radius 3 is 2.81 bits per heavy atom. The number of nitrogens with zero attached hydrogens (tertiary/aromatic N) is 1. The quantitative estimate of drug-likeness (QED) is 0.593. The fourth-order valence-electron chi connectivity index (χ4n) is 2.67. The van der Waals surface area contributed by atoms with Gasteiger partial charge in [0.15, 0.2) is 11.7 Å². The molecule has 1 amide bonds. The molecule has 26 heavy (non-hydrogen) atoms. The molecular formula is C19H20N2O4S. The van der Waals surface area contributed by atoms with Crippen molar-refractivity contribution in [1.29, 1.82) is 0 Å². The van der Waals surface area contributed by atoms with Crippen LogP contribution in [0.4, 0.5) is 5.13 Å². The second-order valence-electron chi connectivity index (χ2n) is 5.94. The maximum Gasteiger partial charge on any atom is 0.306 e. The summed E-state index contributed by atoms with van der Waals surface area (Å²) in [5.41, 5.74) is 1.69. The normalized spacial score (nSPS) is 15.7. The van der Waals surface area contributed by atoms with E-state index in [0.29, 0.717) is 11.6 Å². The molecule has 1 aliphatic rings. The lowest BCUT2D eigenvalue weighted by Gasteiger charge is -2.07. The monoisotopic (exact) mass is 372 g/mol. The lowest BCUT2D eigenvalue weighted by molar-refractivity contribution is -0.147. The molecule has 7 heteroatoms. The number of hydrogen-bond acceptors (Lipinski definition) is 6. The van der Waals surface area contributed by atoms with Crippen LogP contribution in [0.25, 0.3) is 11.3 Å². The fraction of sp³-hybridized carbons (Fsp3) is 0.316. The first-order valence-electron chi connectivity index (χ1n) is 8.36. The molecule has 0 saturated carbocycles. The number of allylic oxidation sites excluding steroid dienone is 2. The summed E-state index contributed by atoms with van der Waals surface area (Å²) in [6.07, 6.45) is 6.38. The number of rotatable bonds is 7. The number of esters is 1. The zero-order valence-corrected chi connectivity index (χ0v) is 15.3. The van der Waals surface area contributed by atoms with Gasteiger partial charge in [0, 0.05) is 10.9 Å². The summed E-state index contributed by atoms with van der Waals surface area (Å²) in [7, 11) is 1.61. The van der Waals surface area contributed by atoms with Crippen molar-refractivity contribution in [3.05, 3.63) is 41.8 Å². The van der Waals surface area contributed by atoms with Gasteiger partial charge in [-0.3, -0.25) is 14.9 Å². The number of benzene rings is 1. The average Bonchev–Trinajstić information content (AvgIpc) is 3.32. The highest BCUT2D eigenvalue weighted by Gasteiger charge is 2.16. The first kappa shape index (κ1) is 18.1. The van der Waals surface area contributed by atoms with Gasteiger partial charge in [-0.25, -0.2) is 4.98 Å². The summed E-state index contributed by atoms with van der Waals surface area (Å²) in [6.45, 7) is -0.299. The van der Waals surface area contributed by atoms with E-state index in [0.717, 1.165) is 29.8 Å². The molecule has 0 unspecified atom stereocenters. The molecule has 0 radical (unpaired) electrons. The topological polar surface area (TPSA) is 77.5 Å². The SMILES string of the molecule is COc1ccc(-c2csc(NC(=O)COC(=O)C[C@H]3C=CCC3)n2)cc1. The van der Waals surface area contributed by atoms with Gasteiger partial charge in [0.1, 0.15) is 5.75 Å². The number of carbonyl (C=O) groups is 2. The van der Waals surface area contributed by atoms with Crippen molar-refractivity contribution in [2.24, 2.45) is 5.92 Å². The molecule has 1 aliphatic carbocycles. The molecule has 1 aromatic carbocycles. The van der Waals surface area contributed by atoms with Crippen molar-refractivity contribution >= 4 is 28.3 Å². The van der Waals surface area contributed by atoms with Crippen LogP contribution in [0.5, 0.6) is 5.75 Å². The van der Waals surface area contributed by atoms with Crippen LogP contribution in [0, 0.1) is 5.92 Å². The minimum absolute atomic E-state index is 0.233. The predicted octanol–water partition coefficient (Wildman–Crippen LogP) is 3.66. The van der Waals surface area contributed by atoms with E-state index < -0.39 is 5.91 Å². The molecule has 136 valence electrons. The summed E-state index contributed by atoms with van der Waals surface area (Å²) in [6, 6.07) is 7.51. The molecule has 1 heterocycles. The number of amides is 1. The van der Waals surface area contributed by atoms with Crippen LogP contribution < -0.4 is 10.1 Å². The largest absolute Gasteiger partial charge is 0.497 e. The van der Waals surface area contributed by atoms with Gasteiger partial charge in [0.2, 0.25) is 0 Å². The number of hydrogen-bond donors (Lipinski definition) is 1. The van der Waals surface area contributed by atoms with E-state index in [9.17, 15) is 9.59 Å². The van der Waals surface area contributed by atoms with Crippen molar-refractivity contribution in [3.8, 4) is 17.0 Å². The molecule has 1 atom stereocenters. The van der Waals surface area contributed by atoms with Gasteiger partial charge >= 0.3 is 5.97 Å². The highest BCUT2D eigenvalue weighted by Crippen LogP contribution is 2.26. The Balaban J connectivity index is 1.47. The van der Waals surface area contributed by atoms with Gasteiger partial charge < -0.3 is 9.47 Å². The Hall–Kier alpha value is -2.67. The zero-order valence-electron chi connectivity index (χ0n) is 14.4. The van der Waals surface area contributed by atoms with E-state index in [1.807, 2.05) is 35.7 Å². The fourth-order valence-corrected chi connectivity index (χ4v) is 3.40. The molecular weight excluding hydrogens is 352 g/mol. The molecule has 2 aromatic rings. The first-order valence-corrected chi connectivity index (χ1v) is 9.24. The van der Waals surface area contributed by atoms with E-state index in [4.69, 9.17) is 9.47 Å². The van der Waals surface area contributed by atoms with Crippen LogP contribution in [0.1, 0.15) is 19.3 Å². The number of anilines is 1. The number of methoxy groups -OCH3 is 1. The summed E-state index contributed by atoms with van der Waals surface area (Å²) < 4.78 is 10.2. The Morgan fingerprint density at radius 1 is 1.31 bits per heavy atom. The maximum atomic E-state index is 11.9.